The van der Waals surface area contributed by atoms with Crippen LogP contribution in [0.15, 0.2) is 56.6 Å². The summed E-state index contributed by atoms with van der Waals surface area (Å²) < 4.78 is 11.6. The first-order valence-electron chi connectivity index (χ1n) is 7.22. The molecule has 2 amide bonds. The van der Waals surface area contributed by atoms with Crippen molar-refractivity contribution >= 4 is 27.9 Å². The maximum absolute atomic E-state index is 12.1. The zero-order valence-electron chi connectivity index (χ0n) is 13.1. The number of furan rings is 1. The van der Waals surface area contributed by atoms with Crippen LogP contribution in [0.25, 0.3) is 11.3 Å². The van der Waals surface area contributed by atoms with Gasteiger partial charge in [-0.15, -0.1) is 0 Å². The van der Waals surface area contributed by atoms with Crippen LogP contribution in [0.1, 0.15) is 18.7 Å². The van der Waals surface area contributed by atoms with E-state index in [1.807, 2.05) is 24.3 Å². The van der Waals surface area contributed by atoms with E-state index in [2.05, 4.69) is 26.6 Å². The summed E-state index contributed by atoms with van der Waals surface area (Å²) in [5.74, 6) is 0.561. The van der Waals surface area contributed by atoms with Gasteiger partial charge in [0, 0.05) is 15.7 Å². The van der Waals surface area contributed by atoms with E-state index in [1.165, 1.54) is 7.11 Å². The van der Waals surface area contributed by atoms with Gasteiger partial charge in [-0.05, 0) is 25.1 Å². The summed E-state index contributed by atoms with van der Waals surface area (Å²) in [7, 11) is 1.30. The fourth-order valence-electron chi connectivity index (χ4n) is 2.60. The van der Waals surface area contributed by atoms with Gasteiger partial charge in [-0.2, -0.15) is 0 Å². The van der Waals surface area contributed by atoms with E-state index in [-0.39, 0.29) is 0 Å². The third-order valence-electron chi connectivity index (χ3n) is 3.73. The predicted octanol–water partition coefficient (Wildman–Crippen LogP) is 3.51. The highest BCUT2D eigenvalue weighted by atomic mass is 79.9. The highest BCUT2D eigenvalue weighted by Crippen LogP contribution is 2.34. The number of methoxy groups -OCH3 is 1. The SMILES string of the molecule is COC(=O)C1=C(C)NC(=O)N[C@H]1c1ccc(-c2ccccc2Br)o1. The van der Waals surface area contributed by atoms with E-state index in [0.717, 1.165) is 10.0 Å². The molecule has 24 heavy (non-hydrogen) atoms. The summed E-state index contributed by atoms with van der Waals surface area (Å²) in [6.45, 7) is 1.65. The number of nitrogens with one attached hydrogen (secondary N) is 2. The summed E-state index contributed by atoms with van der Waals surface area (Å²) >= 11 is 3.48. The van der Waals surface area contributed by atoms with Gasteiger partial charge in [0.2, 0.25) is 0 Å². The van der Waals surface area contributed by atoms with Gasteiger partial charge >= 0.3 is 12.0 Å². The van der Waals surface area contributed by atoms with Gasteiger partial charge < -0.3 is 19.8 Å². The highest BCUT2D eigenvalue weighted by molar-refractivity contribution is 9.10. The van der Waals surface area contributed by atoms with Crippen molar-refractivity contribution < 1.29 is 18.7 Å². The van der Waals surface area contributed by atoms with Crippen LogP contribution in [0.2, 0.25) is 0 Å². The molecule has 1 atom stereocenters. The largest absolute Gasteiger partial charge is 0.466 e. The number of amides is 2. The number of urea groups is 1. The molecule has 0 bridgehead atoms. The van der Waals surface area contributed by atoms with Crippen molar-refractivity contribution in [1.29, 1.82) is 0 Å². The lowest BCUT2D eigenvalue weighted by Crippen LogP contribution is -2.45. The van der Waals surface area contributed by atoms with Crippen molar-refractivity contribution in [3.05, 3.63) is 57.9 Å². The zero-order chi connectivity index (χ0) is 17.3. The third-order valence-corrected chi connectivity index (χ3v) is 4.42. The van der Waals surface area contributed by atoms with E-state index in [4.69, 9.17) is 9.15 Å². The van der Waals surface area contributed by atoms with Gasteiger partial charge in [-0.1, -0.05) is 34.1 Å². The molecule has 2 aromatic rings. The number of esters is 1. The maximum Gasteiger partial charge on any atom is 0.338 e. The minimum Gasteiger partial charge on any atom is -0.466 e. The van der Waals surface area contributed by atoms with E-state index in [9.17, 15) is 9.59 Å². The number of carbonyl (C=O) groups is 2. The first kappa shape index (κ1) is 16.3. The smallest absolute Gasteiger partial charge is 0.338 e. The van der Waals surface area contributed by atoms with Crippen LogP contribution in [0, 0.1) is 0 Å². The second-order valence-corrected chi connectivity index (χ2v) is 6.10. The molecule has 0 fully saturated rings. The molecule has 1 aliphatic heterocycles. The Labute approximate surface area is 147 Å². The summed E-state index contributed by atoms with van der Waals surface area (Å²) in [6.07, 6.45) is 0. The number of carbonyl (C=O) groups excluding carboxylic acids is 2. The van der Waals surface area contributed by atoms with E-state index in [1.54, 1.807) is 19.1 Å². The molecule has 2 N–H and O–H groups in total. The molecule has 1 aromatic carbocycles. The molecule has 1 aromatic heterocycles. The molecule has 0 aliphatic carbocycles. The second-order valence-electron chi connectivity index (χ2n) is 5.24. The molecule has 0 saturated carbocycles. The summed E-state index contributed by atoms with van der Waals surface area (Å²) in [5, 5.41) is 5.27. The normalized spacial score (nSPS) is 17.3. The lowest BCUT2D eigenvalue weighted by molar-refractivity contribution is -0.136. The first-order chi connectivity index (χ1) is 11.5. The van der Waals surface area contributed by atoms with Crippen LogP contribution < -0.4 is 10.6 Å². The Balaban J connectivity index is 2.02. The van der Waals surface area contributed by atoms with E-state index >= 15 is 0 Å². The summed E-state index contributed by atoms with van der Waals surface area (Å²) in [4.78, 5) is 23.9. The van der Waals surface area contributed by atoms with Gasteiger partial charge in [-0.25, -0.2) is 9.59 Å². The Bertz CT molecular complexity index is 841. The number of benzene rings is 1. The topological polar surface area (TPSA) is 80.6 Å². The van der Waals surface area contributed by atoms with Crippen molar-refractivity contribution in [1.82, 2.24) is 10.6 Å². The number of allylic oxidation sites excluding steroid dienone is 1. The molecule has 1 aliphatic rings. The molecule has 0 saturated heterocycles. The number of hydrogen-bond donors (Lipinski definition) is 2. The Morgan fingerprint density at radius 2 is 2.00 bits per heavy atom. The first-order valence-corrected chi connectivity index (χ1v) is 8.01. The standard InChI is InChI=1S/C17H15BrN2O4/c1-9-14(16(21)23-2)15(20-17(22)19-9)13-8-7-12(24-13)10-5-3-4-6-11(10)18/h3-8,15H,1-2H3,(H2,19,20,22)/t15-/m0/s1. The van der Waals surface area contributed by atoms with E-state index < -0.39 is 18.0 Å². The Hall–Kier alpha value is -2.54. The Morgan fingerprint density at radius 3 is 2.71 bits per heavy atom. The molecule has 3 rings (SSSR count). The van der Waals surface area contributed by atoms with Crippen molar-refractivity contribution in [3.63, 3.8) is 0 Å². The van der Waals surface area contributed by atoms with Crippen molar-refractivity contribution in [2.75, 3.05) is 7.11 Å². The number of hydrogen-bond acceptors (Lipinski definition) is 4. The summed E-state index contributed by atoms with van der Waals surface area (Å²) in [5.41, 5.74) is 1.63. The highest BCUT2D eigenvalue weighted by Gasteiger charge is 2.34. The van der Waals surface area contributed by atoms with Crippen LogP contribution in [0.5, 0.6) is 0 Å². The molecule has 0 spiro atoms. The Morgan fingerprint density at radius 1 is 1.25 bits per heavy atom. The molecule has 6 nitrogen and oxygen atoms in total. The van der Waals surface area contributed by atoms with Gasteiger partial charge in [0.15, 0.2) is 0 Å². The quantitative estimate of drug-likeness (QED) is 0.785. The lowest BCUT2D eigenvalue weighted by Gasteiger charge is -2.26. The fourth-order valence-corrected chi connectivity index (χ4v) is 3.08. The van der Waals surface area contributed by atoms with Gasteiger partial charge in [0.05, 0.1) is 12.7 Å². The molecule has 0 unspecified atom stereocenters. The summed E-state index contributed by atoms with van der Waals surface area (Å²) in [6, 6.07) is 10.1. The van der Waals surface area contributed by atoms with Gasteiger partial charge in [-0.3, -0.25) is 0 Å². The van der Waals surface area contributed by atoms with Gasteiger partial charge in [0.1, 0.15) is 17.6 Å². The molecular formula is C17H15BrN2O4. The van der Waals surface area contributed by atoms with Crippen LogP contribution >= 0.6 is 15.9 Å². The average molecular weight is 391 g/mol. The van der Waals surface area contributed by atoms with Crippen LogP contribution in [0.3, 0.4) is 0 Å². The number of rotatable bonds is 3. The molecule has 124 valence electrons. The molecule has 7 heteroatoms. The second kappa shape index (κ2) is 6.52. The van der Waals surface area contributed by atoms with Gasteiger partial charge in [0.25, 0.3) is 0 Å². The van der Waals surface area contributed by atoms with Crippen LogP contribution in [-0.2, 0) is 9.53 Å². The zero-order valence-corrected chi connectivity index (χ0v) is 14.6. The average Bonchev–Trinajstić information content (AvgIpc) is 3.03. The van der Waals surface area contributed by atoms with Crippen LogP contribution in [0.4, 0.5) is 4.79 Å². The lowest BCUT2D eigenvalue weighted by atomic mass is 10.0. The predicted molar refractivity (Wildman–Crippen MR) is 91.0 cm³/mol. The third kappa shape index (κ3) is 2.94. The van der Waals surface area contributed by atoms with E-state index in [0.29, 0.717) is 22.8 Å². The fraction of sp³-hybridized carbons (Fsp3) is 0.176. The maximum atomic E-state index is 12.1. The van der Waals surface area contributed by atoms with Crippen LogP contribution in [-0.4, -0.2) is 19.1 Å². The molecule has 2 heterocycles. The van der Waals surface area contributed by atoms with Crippen molar-refractivity contribution in [2.24, 2.45) is 0 Å². The number of ether oxygens (including phenoxy) is 1. The van der Waals surface area contributed by atoms with Crippen molar-refractivity contribution in [3.8, 4) is 11.3 Å². The molecular weight excluding hydrogens is 376 g/mol. The monoisotopic (exact) mass is 390 g/mol. The minimum atomic E-state index is -0.706. The number of halogens is 1. The molecule has 0 radical (unpaired) electrons. The van der Waals surface area contributed by atoms with Crippen molar-refractivity contribution in [2.45, 2.75) is 13.0 Å². The minimum absolute atomic E-state index is 0.310. The Kier molecular flexibility index (Phi) is 4.44.